The van der Waals surface area contributed by atoms with E-state index < -0.39 is 0 Å². The Balaban J connectivity index is 3.21. The van der Waals surface area contributed by atoms with Gasteiger partial charge in [0.25, 0.3) is 0 Å². The summed E-state index contributed by atoms with van der Waals surface area (Å²) in [6.45, 7) is 11.0. The highest BCUT2D eigenvalue weighted by Gasteiger charge is 1.97. The summed E-state index contributed by atoms with van der Waals surface area (Å²) in [5.41, 5.74) is 0.981. The van der Waals surface area contributed by atoms with Gasteiger partial charge in [0.05, 0.1) is 6.61 Å². The number of carbonyl (C=O) groups is 1. The van der Waals surface area contributed by atoms with Crippen LogP contribution in [0.2, 0.25) is 0 Å². The van der Waals surface area contributed by atoms with Crippen LogP contribution in [0.1, 0.15) is 53.4 Å². The zero-order valence-corrected chi connectivity index (χ0v) is 12.4. The molecule has 0 spiro atoms. The van der Waals surface area contributed by atoms with Gasteiger partial charge in [0.1, 0.15) is 0 Å². The average molecular weight is 255 g/mol. The van der Waals surface area contributed by atoms with Crippen molar-refractivity contribution in [1.82, 2.24) is 5.32 Å². The first kappa shape index (κ1) is 17.2. The van der Waals surface area contributed by atoms with Crippen molar-refractivity contribution in [3.63, 3.8) is 0 Å². The Kier molecular flexibility index (Phi) is 10.8. The average Bonchev–Trinajstić information content (AvgIpc) is 2.25. The lowest BCUT2D eigenvalue weighted by Gasteiger charge is -2.06. The smallest absolute Gasteiger partial charge is 0.330 e. The second-order valence-electron chi connectivity index (χ2n) is 5.38. The van der Waals surface area contributed by atoms with Crippen LogP contribution in [0.25, 0.3) is 0 Å². The van der Waals surface area contributed by atoms with Crippen LogP contribution in [0, 0.1) is 5.92 Å². The van der Waals surface area contributed by atoms with Crippen LogP contribution in [0.15, 0.2) is 11.6 Å². The normalized spacial score (nSPS) is 10.5. The predicted octanol–water partition coefficient (Wildman–Crippen LogP) is 3.30. The summed E-state index contributed by atoms with van der Waals surface area (Å²) in [5.74, 6) is 0.553. The highest BCUT2D eigenvalue weighted by atomic mass is 16.5. The highest BCUT2D eigenvalue weighted by Crippen LogP contribution is 1.99. The summed E-state index contributed by atoms with van der Waals surface area (Å²) >= 11 is 0. The maximum atomic E-state index is 11.2. The van der Waals surface area contributed by atoms with E-state index in [1.807, 2.05) is 13.8 Å². The summed E-state index contributed by atoms with van der Waals surface area (Å²) in [6.07, 6.45) is 5.98. The number of unbranched alkanes of at least 4 members (excludes halogenated alkanes) is 2. The minimum absolute atomic E-state index is 0.218. The van der Waals surface area contributed by atoms with Gasteiger partial charge in [-0.3, -0.25) is 0 Å². The van der Waals surface area contributed by atoms with Gasteiger partial charge < -0.3 is 10.1 Å². The third-order valence-corrected chi connectivity index (χ3v) is 2.55. The van der Waals surface area contributed by atoms with Crippen LogP contribution < -0.4 is 5.32 Å². The van der Waals surface area contributed by atoms with E-state index in [4.69, 9.17) is 4.74 Å². The molecule has 0 heterocycles. The minimum atomic E-state index is -0.218. The molecule has 1 N–H and O–H groups in total. The molecule has 0 aliphatic heterocycles. The molecule has 0 rings (SSSR count). The SMILES string of the molecule is CC(C)=CC(=O)OCCCCCNCCC(C)C. The number of nitrogens with one attached hydrogen (secondary N) is 1. The predicted molar refractivity (Wildman–Crippen MR) is 76.6 cm³/mol. The molecule has 0 bridgehead atoms. The van der Waals surface area contributed by atoms with Gasteiger partial charge in [-0.25, -0.2) is 4.79 Å². The van der Waals surface area contributed by atoms with Crippen molar-refractivity contribution >= 4 is 5.97 Å². The van der Waals surface area contributed by atoms with Gasteiger partial charge in [0.2, 0.25) is 0 Å². The van der Waals surface area contributed by atoms with Gasteiger partial charge in [-0.15, -0.1) is 0 Å². The third kappa shape index (κ3) is 13.2. The molecule has 0 aliphatic carbocycles. The summed E-state index contributed by atoms with van der Waals surface area (Å²) in [5, 5.41) is 3.43. The molecular weight excluding hydrogens is 226 g/mol. The zero-order chi connectivity index (χ0) is 13.8. The second-order valence-corrected chi connectivity index (χ2v) is 5.38. The van der Waals surface area contributed by atoms with Gasteiger partial charge in [-0.2, -0.15) is 0 Å². The van der Waals surface area contributed by atoms with Gasteiger partial charge >= 0.3 is 5.97 Å². The van der Waals surface area contributed by atoms with Crippen molar-refractivity contribution in [2.24, 2.45) is 5.92 Å². The molecule has 0 atom stereocenters. The lowest BCUT2D eigenvalue weighted by atomic mass is 10.1. The highest BCUT2D eigenvalue weighted by molar-refractivity contribution is 5.82. The van der Waals surface area contributed by atoms with Crippen LogP contribution in [-0.4, -0.2) is 25.7 Å². The Morgan fingerprint density at radius 2 is 1.89 bits per heavy atom. The maximum absolute atomic E-state index is 11.2. The summed E-state index contributed by atoms with van der Waals surface area (Å²) in [6, 6.07) is 0. The minimum Gasteiger partial charge on any atom is -0.463 e. The van der Waals surface area contributed by atoms with Gasteiger partial charge in [0, 0.05) is 6.08 Å². The molecule has 0 saturated heterocycles. The number of hydrogen-bond acceptors (Lipinski definition) is 3. The molecule has 3 heteroatoms. The van der Waals surface area contributed by atoms with Crippen molar-refractivity contribution in [3.8, 4) is 0 Å². The first-order chi connectivity index (χ1) is 8.52. The second kappa shape index (κ2) is 11.3. The molecule has 0 radical (unpaired) electrons. The van der Waals surface area contributed by atoms with E-state index in [0.717, 1.165) is 43.8 Å². The van der Waals surface area contributed by atoms with E-state index in [2.05, 4.69) is 19.2 Å². The Morgan fingerprint density at radius 3 is 2.50 bits per heavy atom. The van der Waals surface area contributed by atoms with Crippen LogP contribution in [0.5, 0.6) is 0 Å². The quantitative estimate of drug-likeness (QED) is 0.370. The van der Waals surface area contributed by atoms with E-state index in [1.165, 1.54) is 12.5 Å². The number of carbonyl (C=O) groups excluding carboxylic acids is 1. The van der Waals surface area contributed by atoms with Crippen LogP contribution in [0.3, 0.4) is 0 Å². The number of hydrogen-bond donors (Lipinski definition) is 1. The number of allylic oxidation sites excluding steroid dienone is 1. The van der Waals surface area contributed by atoms with Gasteiger partial charge in [0.15, 0.2) is 0 Å². The lowest BCUT2D eigenvalue weighted by molar-refractivity contribution is -0.137. The molecule has 0 aromatic carbocycles. The Morgan fingerprint density at radius 1 is 1.17 bits per heavy atom. The van der Waals surface area contributed by atoms with Crippen LogP contribution in [0.4, 0.5) is 0 Å². The standard InChI is InChI=1S/C15H29NO2/c1-13(2)8-10-16-9-6-5-7-11-18-15(17)12-14(3)4/h12-13,16H,5-11H2,1-4H3. The Bertz CT molecular complexity index is 243. The molecule has 0 aromatic heterocycles. The van der Waals surface area contributed by atoms with E-state index >= 15 is 0 Å². The Hall–Kier alpha value is -0.830. The van der Waals surface area contributed by atoms with Gasteiger partial charge in [-0.05, 0) is 58.5 Å². The summed E-state index contributed by atoms with van der Waals surface area (Å²) in [4.78, 5) is 11.2. The molecule has 0 aromatic rings. The molecule has 0 unspecified atom stereocenters. The largest absolute Gasteiger partial charge is 0.463 e. The molecular formula is C15H29NO2. The number of ether oxygens (including phenoxy) is 1. The number of rotatable bonds is 10. The molecule has 0 aliphatic rings. The van der Waals surface area contributed by atoms with Crippen molar-refractivity contribution in [1.29, 1.82) is 0 Å². The monoisotopic (exact) mass is 255 g/mol. The lowest BCUT2D eigenvalue weighted by Crippen LogP contribution is -2.18. The van der Waals surface area contributed by atoms with Crippen LogP contribution >= 0.6 is 0 Å². The van der Waals surface area contributed by atoms with E-state index in [1.54, 1.807) is 0 Å². The summed E-state index contributed by atoms with van der Waals surface area (Å²) in [7, 11) is 0. The molecule has 106 valence electrons. The topological polar surface area (TPSA) is 38.3 Å². The molecule has 0 amide bonds. The van der Waals surface area contributed by atoms with E-state index in [0.29, 0.717) is 6.61 Å². The van der Waals surface area contributed by atoms with Crippen LogP contribution in [-0.2, 0) is 9.53 Å². The van der Waals surface area contributed by atoms with Crippen molar-refractivity contribution in [2.45, 2.75) is 53.4 Å². The first-order valence-corrected chi connectivity index (χ1v) is 7.04. The van der Waals surface area contributed by atoms with E-state index in [9.17, 15) is 4.79 Å². The fourth-order valence-electron chi connectivity index (χ4n) is 1.49. The Labute approximate surface area is 112 Å². The van der Waals surface area contributed by atoms with E-state index in [-0.39, 0.29) is 5.97 Å². The van der Waals surface area contributed by atoms with Crippen molar-refractivity contribution in [2.75, 3.05) is 19.7 Å². The fraction of sp³-hybridized carbons (Fsp3) is 0.800. The molecule has 0 saturated carbocycles. The van der Waals surface area contributed by atoms with Gasteiger partial charge in [-0.1, -0.05) is 19.4 Å². The molecule has 18 heavy (non-hydrogen) atoms. The van der Waals surface area contributed by atoms with Crippen molar-refractivity contribution in [3.05, 3.63) is 11.6 Å². The zero-order valence-electron chi connectivity index (χ0n) is 12.4. The molecule has 0 fully saturated rings. The molecule has 3 nitrogen and oxygen atoms in total. The fourth-order valence-corrected chi connectivity index (χ4v) is 1.49. The number of esters is 1. The summed E-state index contributed by atoms with van der Waals surface area (Å²) < 4.78 is 5.08. The van der Waals surface area contributed by atoms with Crippen molar-refractivity contribution < 1.29 is 9.53 Å². The first-order valence-electron chi connectivity index (χ1n) is 7.04. The maximum Gasteiger partial charge on any atom is 0.330 e. The third-order valence-electron chi connectivity index (χ3n) is 2.55.